The molecule has 3 aromatic rings. The largest absolute Gasteiger partial charge is 0.480 e. The number of aromatic nitrogens is 1. The van der Waals surface area contributed by atoms with Gasteiger partial charge >= 0.3 is 12.1 Å². The average molecular weight is 658 g/mol. The number of anilines is 1. The summed E-state index contributed by atoms with van der Waals surface area (Å²) < 4.78 is 37.1. The van der Waals surface area contributed by atoms with E-state index in [1.807, 2.05) is 36.4 Å². The SMILES string of the molecule is O=C(COC1CC(CNc2ccccn2)N(C(=O)OCc2ccccc2)C1)NCC(NC(=O)c1ccccc1SC(F)F)C(=O)O. The number of amides is 3. The molecule has 3 atom stereocenters. The second-order valence-electron chi connectivity index (χ2n) is 10.2. The molecule has 0 aliphatic carbocycles. The van der Waals surface area contributed by atoms with Crippen molar-refractivity contribution in [2.45, 2.75) is 41.9 Å². The molecule has 0 radical (unpaired) electrons. The molecular formula is C31H33F2N5O7S. The molecule has 0 bridgehead atoms. The van der Waals surface area contributed by atoms with Crippen molar-refractivity contribution in [1.82, 2.24) is 20.5 Å². The predicted molar refractivity (Wildman–Crippen MR) is 164 cm³/mol. The van der Waals surface area contributed by atoms with Crippen molar-refractivity contribution in [3.8, 4) is 0 Å². The number of halogens is 2. The number of nitrogens with one attached hydrogen (secondary N) is 3. The Morgan fingerprint density at radius 3 is 2.48 bits per heavy atom. The van der Waals surface area contributed by atoms with Gasteiger partial charge in [0.2, 0.25) is 5.91 Å². The fourth-order valence-corrected chi connectivity index (χ4v) is 5.29. The second-order valence-corrected chi connectivity index (χ2v) is 11.2. The highest BCUT2D eigenvalue weighted by atomic mass is 32.2. The minimum Gasteiger partial charge on any atom is -0.480 e. The second kappa shape index (κ2) is 17.1. The van der Waals surface area contributed by atoms with Crippen LogP contribution in [0.15, 0.2) is 83.9 Å². The number of hydrogen-bond acceptors (Lipinski definition) is 9. The van der Waals surface area contributed by atoms with Crippen molar-refractivity contribution in [1.29, 1.82) is 0 Å². The van der Waals surface area contributed by atoms with Gasteiger partial charge in [0.15, 0.2) is 0 Å². The summed E-state index contributed by atoms with van der Waals surface area (Å²) in [4.78, 5) is 55.8. The van der Waals surface area contributed by atoms with Gasteiger partial charge in [0, 0.05) is 24.2 Å². The van der Waals surface area contributed by atoms with E-state index in [1.165, 1.54) is 29.2 Å². The van der Waals surface area contributed by atoms with E-state index in [2.05, 4.69) is 20.9 Å². The molecule has 0 saturated carbocycles. The molecule has 1 aliphatic heterocycles. The standard InChI is InChI=1S/C31H33F2N5O7S/c32-30(33)46-25-11-5-4-10-23(25)28(40)37-24(29(41)42)16-36-27(39)19-44-22-14-21(15-35-26-12-6-7-13-34-26)38(17-22)31(43)45-18-20-8-2-1-3-9-20/h1-13,21-22,24,30H,14-19H2,(H,34,35)(H,36,39)(H,37,40)(H,41,42). The van der Waals surface area contributed by atoms with Crippen molar-refractivity contribution in [2.75, 3.05) is 31.6 Å². The van der Waals surface area contributed by atoms with Crippen LogP contribution in [0.25, 0.3) is 0 Å². The lowest BCUT2D eigenvalue weighted by Gasteiger charge is -2.24. The highest BCUT2D eigenvalue weighted by molar-refractivity contribution is 7.99. The minimum atomic E-state index is -2.78. The maximum absolute atomic E-state index is 13.0. The van der Waals surface area contributed by atoms with Crippen LogP contribution in [0.4, 0.5) is 19.4 Å². The van der Waals surface area contributed by atoms with E-state index < -0.39 is 54.9 Å². The van der Waals surface area contributed by atoms with Crippen molar-refractivity contribution in [2.24, 2.45) is 0 Å². The molecule has 244 valence electrons. The predicted octanol–water partition coefficient (Wildman–Crippen LogP) is 3.60. The number of carbonyl (C=O) groups excluding carboxylic acids is 3. The molecule has 46 heavy (non-hydrogen) atoms. The molecule has 2 heterocycles. The number of carbonyl (C=O) groups is 4. The summed E-state index contributed by atoms with van der Waals surface area (Å²) in [6.45, 7) is -0.330. The van der Waals surface area contributed by atoms with Crippen LogP contribution in [0.3, 0.4) is 0 Å². The molecule has 2 aromatic carbocycles. The van der Waals surface area contributed by atoms with E-state index in [4.69, 9.17) is 9.47 Å². The lowest BCUT2D eigenvalue weighted by molar-refractivity contribution is -0.139. The molecule has 12 nitrogen and oxygen atoms in total. The molecule has 4 N–H and O–H groups in total. The number of thioether (sulfide) groups is 1. The summed E-state index contributed by atoms with van der Waals surface area (Å²) in [6.07, 6.45) is 0.960. The summed E-state index contributed by atoms with van der Waals surface area (Å²) in [5.41, 5.74) is 0.712. The zero-order valence-electron chi connectivity index (χ0n) is 24.5. The van der Waals surface area contributed by atoms with Crippen molar-refractivity contribution >= 4 is 41.5 Å². The Bertz CT molecular complexity index is 1470. The number of alkyl halides is 2. The van der Waals surface area contributed by atoms with Crippen molar-refractivity contribution in [3.05, 3.63) is 90.1 Å². The van der Waals surface area contributed by atoms with Crippen LogP contribution in [0.2, 0.25) is 0 Å². The number of ether oxygens (including phenoxy) is 2. The minimum absolute atomic E-state index is 0.0142. The molecule has 3 unspecified atom stereocenters. The van der Waals surface area contributed by atoms with Crippen LogP contribution in [0.1, 0.15) is 22.3 Å². The number of rotatable bonds is 15. The third kappa shape index (κ3) is 10.4. The van der Waals surface area contributed by atoms with Gasteiger partial charge in [0.1, 0.15) is 25.1 Å². The third-order valence-corrected chi connectivity index (χ3v) is 7.69. The van der Waals surface area contributed by atoms with E-state index in [9.17, 15) is 33.1 Å². The van der Waals surface area contributed by atoms with Gasteiger partial charge in [-0.3, -0.25) is 9.59 Å². The van der Waals surface area contributed by atoms with E-state index in [0.29, 0.717) is 18.8 Å². The number of carboxylic acids is 1. The number of likely N-dealkylation sites (tertiary alicyclic amines) is 1. The summed E-state index contributed by atoms with van der Waals surface area (Å²) in [5, 5.41) is 17.4. The normalized spacial score (nSPS) is 16.5. The van der Waals surface area contributed by atoms with Crippen molar-refractivity contribution < 1.29 is 42.5 Å². The summed E-state index contributed by atoms with van der Waals surface area (Å²) >= 11 is 0.164. The molecule has 1 aliphatic rings. The quantitative estimate of drug-likeness (QED) is 0.178. The van der Waals surface area contributed by atoms with Gasteiger partial charge in [-0.1, -0.05) is 60.3 Å². The first kappa shape index (κ1) is 34.1. The smallest absolute Gasteiger partial charge is 0.410 e. The summed E-state index contributed by atoms with van der Waals surface area (Å²) in [5.74, 6) is -5.11. The lowest BCUT2D eigenvalue weighted by atomic mass is 10.2. The zero-order chi connectivity index (χ0) is 32.9. The van der Waals surface area contributed by atoms with Gasteiger partial charge in [-0.15, -0.1) is 0 Å². The Kier molecular flexibility index (Phi) is 12.7. The first-order chi connectivity index (χ1) is 22.2. The topological polar surface area (TPSA) is 159 Å². The van der Waals surface area contributed by atoms with E-state index in [0.717, 1.165) is 5.56 Å². The number of carboxylic acid groups (broad SMARTS) is 1. The number of hydrogen-bond donors (Lipinski definition) is 4. The van der Waals surface area contributed by atoms with E-state index in [-0.39, 0.29) is 41.4 Å². The lowest BCUT2D eigenvalue weighted by Crippen LogP contribution is -2.49. The maximum atomic E-state index is 13.0. The molecule has 3 amide bonds. The molecule has 1 saturated heterocycles. The van der Waals surface area contributed by atoms with Crippen LogP contribution in [-0.2, 0) is 25.7 Å². The Morgan fingerprint density at radius 1 is 1.02 bits per heavy atom. The van der Waals surface area contributed by atoms with Crippen LogP contribution >= 0.6 is 11.8 Å². The molecule has 1 aromatic heterocycles. The average Bonchev–Trinajstić information content (AvgIpc) is 3.47. The number of benzene rings is 2. The van der Waals surface area contributed by atoms with Gasteiger partial charge < -0.3 is 35.4 Å². The summed E-state index contributed by atoms with van der Waals surface area (Å²) in [6, 6.07) is 18.3. The van der Waals surface area contributed by atoms with Crippen LogP contribution in [-0.4, -0.2) is 89.1 Å². The number of aliphatic carboxylic acids is 1. The van der Waals surface area contributed by atoms with Gasteiger partial charge in [-0.25, -0.2) is 14.6 Å². The van der Waals surface area contributed by atoms with E-state index in [1.54, 1.807) is 18.3 Å². The molecule has 15 heteroatoms. The Balaban J connectivity index is 1.29. The highest BCUT2D eigenvalue weighted by Gasteiger charge is 2.37. The Labute approximate surface area is 267 Å². The molecule has 1 fully saturated rings. The first-order valence-electron chi connectivity index (χ1n) is 14.3. The van der Waals surface area contributed by atoms with Gasteiger partial charge in [0.25, 0.3) is 11.7 Å². The first-order valence-corrected chi connectivity index (χ1v) is 15.2. The molecule has 0 spiro atoms. The van der Waals surface area contributed by atoms with Gasteiger partial charge in [-0.05, 0) is 36.2 Å². The molecule has 4 rings (SSSR count). The third-order valence-electron chi connectivity index (χ3n) is 6.90. The molecular weight excluding hydrogens is 624 g/mol. The van der Waals surface area contributed by atoms with Gasteiger partial charge in [-0.2, -0.15) is 8.78 Å². The highest BCUT2D eigenvalue weighted by Crippen LogP contribution is 2.28. The van der Waals surface area contributed by atoms with Gasteiger partial charge in [0.05, 0.1) is 24.3 Å². The fourth-order valence-electron chi connectivity index (χ4n) is 4.65. The maximum Gasteiger partial charge on any atom is 0.410 e. The summed E-state index contributed by atoms with van der Waals surface area (Å²) in [7, 11) is 0. The van der Waals surface area contributed by atoms with E-state index >= 15 is 0 Å². The fraction of sp³-hybridized carbons (Fsp3) is 0.323. The van der Waals surface area contributed by atoms with Crippen molar-refractivity contribution in [3.63, 3.8) is 0 Å². The number of pyridine rings is 1. The monoisotopic (exact) mass is 657 g/mol. The zero-order valence-corrected chi connectivity index (χ0v) is 25.3. The number of nitrogens with zero attached hydrogens (tertiary/aromatic N) is 2. The van der Waals surface area contributed by atoms with Crippen LogP contribution in [0, 0.1) is 0 Å². The Hall–Kier alpha value is -4.76. The van der Waals surface area contributed by atoms with Crippen LogP contribution in [0.5, 0.6) is 0 Å². The van der Waals surface area contributed by atoms with Crippen LogP contribution < -0.4 is 16.0 Å². The Morgan fingerprint density at radius 2 is 1.76 bits per heavy atom.